The molecule has 7 nitrogen and oxygen atoms in total. The molecule has 0 atom stereocenters. The topological polar surface area (TPSA) is 67.7 Å². The van der Waals surface area contributed by atoms with Crippen LogP contribution in [0.5, 0.6) is 5.75 Å². The third kappa shape index (κ3) is 3.53. The molecule has 0 N–H and O–H groups in total. The largest absolute Gasteiger partial charge is 0.488 e. The van der Waals surface area contributed by atoms with E-state index in [1.54, 1.807) is 27.7 Å². The van der Waals surface area contributed by atoms with Gasteiger partial charge in [-0.15, -0.1) is 0 Å². The van der Waals surface area contributed by atoms with Crippen molar-refractivity contribution in [3.05, 3.63) is 63.8 Å². The van der Waals surface area contributed by atoms with Crippen LogP contribution in [0.1, 0.15) is 18.9 Å². The molecule has 2 aromatic carbocycles. The molecule has 2 aliphatic heterocycles. The molecule has 34 heavy (non-hydrogen) atoms. The molecular formula is C25H24ClFN4O3. The second-order valence-corrected chi connectivity index (χ2v) is 8.80. The number of fused-ring (bicyclic) bond motifs is 5. The number of piperazine rings is 1. The molecule has 0 unspecified atom stereocenters. The predicted octanol–water partition coefficient (Wildman–Crippen LogP) is 3.99. The van der Waals surface area contributed by atoms with Crippen molar-refractivity contribution in [1.82, 2.24) is 14.5 Å². The van der Waals surface area contributed by atoms with Crippen LogP contribution in [0, 0.1) is 5.82 Å². The second-order valence-electron chi connectivity index (χ2n) is 8.40. The quantitative estimate of drug-likeness (QED) is 0.526. The molecule has 0 aliphatic carbocycles. The molecule has 0 radical (unpaired) electrons. The summed E-state index contributed by atoms with van der Waals surface area (Å²) in [5.74, 6) is 0.393. The summed E-state index contributed by atoms with van der Waals surface area (Å²) in [7, 11) is 0. The molecule has 9 heteroatoms. The number of aromatic nitrogens is 2. The molecule has 0 saturated carbocycles. The first kappa shape index (κ1) is 22.4. The van der Waals surface area contributed by atoms with Gasteiger partial charge in [0.25, 0.3) is 0 Å². The second kappa shape index (κ2) is 8.76. The van der Waals surface area contributed by atoms with Crippen molar-refractivity contribution in [2.45, 2.75) is 26.5 Å². The lowest BCUT2D eigenvalue weighted by atomic mass is 9.93. The number of hydrogen-bond donors (Lipinski definition) is 0. The molecule has 1 saturated heterocycles. The van der Waals surface area contributed by atoms with Crippen LogP contribution in [0.2, 0.25) is 5.02 Å². The Morgan fingerprint density at radius 2 is 2.03 bits per heavy atom. The van der Waals surface area contributed by atoms with E-state index in [-0.39, 0.29) is 18.2 Å². The van der Waals surface area contributed by atoms with Gasteiger partial charge in [-0.25, -0.2) is 9.18 Å². The van der Waals surface area contributed by atoms with Gasteiger partial charge in [-0.3, -0.25) is 9.36 Å². The minimum atomic E-state index is -0.429. The maximum Gasteiger partial charge on any atom is 0.350 e. The maximum atomic E-state index is 14.9. The van der Waals surface area contributed by atoms with Crippen molar-refractivity contribution >= 4 is 34.2 Å². The van der Waals surface area contributed by atoms with E-state index in [2.05, 4.69) is 11.6 Å². The number of carbonyl (C=O) groups is 1. The Balaban J connectivity index is 1.72. The van der Waals surface area contributed by atoms with E-state index >= 15 is 0 Å². The van der Waals surface area contributed by atoms with Crippen LogP contribution in [0.25, 0.3) is 22.0 Å². The fraction of sp³-hybridized carbons (Fsp3) is 0.320. The first-order valence-electron chi connectivity index (χ1n) is 11.3. The minimum absolute atomic E-state index is 0.120. The van der Waals surface area contributed by atoms with Gasteiger partial charge in [0.15, 0.2) is 0 Å². The van der Waals surface area contributed by atoms with Gasteiger partial charge in [-0.05, 0) is 30.7 Å². The van der Waals surface area contributed by atoms with E-state index < -0.39 is 5.82 Å². The number of nitrogens with zero attached hydrogens (tertiary/aromatic N) is 4. The standard InChI is InChI=1S/C25H24ClFN4O3/c1-3-8-31-23-15(24(28-25(31)33)30-11-9-29(10-12-30)20(32)4-2)13-17(26)21-16(23)14-34-19-7-5-6-18(27)22(19)21/h4-7,13H,2-3,8-12,14H2,1H3. The zero-order chi connectivity index (χ0) is 24.0. The van der Waals surface area contributed by atoms with Gasteiger partial charge in [-0.1, -0.05) is 31.2 Å². The van der Waals surface area contributed by atoms with Gasteiger partial charge in [-0.2, -0.15) is 4.98 Å². The summed E-state index contributed by atoms with van der Waals surface area (Å²) in [5.41, 5.74) is 1.82. The highest BCUT2D eigenvalue weighted by atomic mass is 35.5. The molecule has 3 heterocycles. The third-order valence-corrected chi connectivity index (χ3v) is 6.70. The predicted molar refractivity (Wildman–Crippen MR) is 130 cm³/mol. The lowest BCUT2D eigenvalue weighted by Gasteiger charge is -2.36. The van der Waals surface area contributed by atoms with Crippen molar-refractivity contribution < 1.29 is 13.9 Å². The molecular weight excluding hydrogens is 459 g/mol. The van der Waals surface area contributed by atoms with E-state index in [9.17, 15) is 14.0 Å². The summed E-state index contributed by atoms with van der Waals surface area (Å²) in [6.07, 6.45) is 2.03. The fourth-order valence-electron chi connectivity index (χ4n) is 4.85. The lowest BCUT2D eigenvalue weighted by molar-refractivity contribution is -0.126. The first-order valence-corrected chi connectivity index (χ1v) is 11.7. The molecule has 0 spiro atoms. The van der Waals surface area contributed by atoms with Crippen molar-refractivity contribution in [3.63, 3.8) is 0 Å². The Bertz CT molecular complexity index is 1380. The number of anilines is 1. The summed E-state index contributed by atoms with van der Waals surface area (Å²) in [6, 6.07) is 6.45. The zero-order valence-electron chi connectivity index (χ0n) is 18.8. The van der Waals surface area contributed by atoms with Crippen LogP contribution in [0.3, 0.4) is 0 Å². The minimum Gasteiger partial charge on any atom is -0.488 e. The van der Waals surface area contributed by atoms with Crippen LogP contribution in [-0.4, -0.2) is 46.5 Å². The normalized spacial score (nSPS) is 15.0. The Morgan fingerprint density at radius 1 is 1.26 bits per heavy atom. The van der Waals surface area contributed by atoms with Crippen LogP contribution in [-0.2, 0) is 17.9 Å². The van der Waals surface area contributed by atoms with Gasteiger partial charge < -0.3 is 14.5 Å². The highest BCUT2D eigenvalue weighted by Crippen LogP contribution is 2.46. The van der Waals surface area contributed by atoms with Gasteiger partial charge in [0.1, 0.15) is 24.0 Å². The monoisotopic (exact) mass is 482 g/mol. The van der Waals surface area contributed by atoms with Gasteiger partial charge in [0.2, 0.25) is 5.91 Å². The maximum absolute atomic E-state index is 14.9. The van der Waals surface area contributed by atoms with Crippen LogP contribution in [0.15, 0.2) is 41.7 Å². The summed E-state index contributed by atoms with van der Waals surface area (Å²) in [6.45, 7) is 8.17. The average molecular weight is 483 g/mol. The molecule has 1 aromatic heterocycles. The Kier molecular flexibility index (Phi) is 5.77. The average Bonchev–Trinajstić information content (AvgIpc) is 2.85. The summed E-state index contributed by atoms with van der Waals surface area (Å²) >= 11 is 6.76. The van der Waals surface area contributed by atoms with Crippen molar-refractivity contribution in [1.29, 1.82) is 0 Å². The SMILES string of the molecule is C=CC(=O)N1CCN(c2nc(=O)n(CCC)c3c4c(c(Cl)cc23)-c2c(F)cccc2OC4)CC1. The summed E-state index contributed by atoms with van der Waals surface area (Å²) < 4.78 is 22.4. The first-order chi connectivity index (χ1) is 16.4. The van der Waals surface area contributed by atoms with Crippen LogP contribution < -0.4 is 15.3 Å². The summed E-state index contributed by atoms with van der Waals surface area (Å²) in [5, 5.41) is 1.09. The number of carbonyl (C=O) groups excluding carboxylic acids is 1. The molecule has 3 aromatic rings. The highest BCUT2D eigenvalue weighted by Gasteiger charge is 2.30. The highest BCUT2D eigenvalue weighted by molar-refractivity contribution is 6.35. The Labute approximate surface area is 201 Å². The van der Waals surface area contributed by atoms with E-state index in [1.165, 1.54) is 12.1 Å². The van der Waals surface area contributed by atoms with Crippen molar-refractivity contribution in [2.75, 3.05) is 31.1 Å². The lowest BCUT2D eigenvalue weighted by Crippen LogP contribution is -2.49. The molecule has 2 aliphatic rings. The van der Waals surface area contributed by atoms with E-state index in [4.69, 9.17) is 16.3 Å². The van der Waals surface area contributed by atoms with Crippen molar-refractivity contribution in [3.8, 4) is 16.9 Å². The number of hydrogen-bond acceptors (Lipinski definition) is 5. The molecule has 1 fully saturated rings. The molecule has 5 rings (SSSR count). The van der Waals surface area contributed by atoms with Gasteiger partial charge in [0, 0.05) is 54.3 Å². The third-order valence-electron chi connectivity index (χ3n) is 6.41. The van der Waals surface area contributed by atoms with E-state index in [0.29, 0.717) is 76.9 Å². The Hall–Kier alpha value is -3.39. The van der Waals surface area contributed by atoms with Crippen LogP contribution in [0.4, 0.5) is 10.2 Å². The van der Waals surface area contributed by atoms with Crippen molar-refractivity contribution in [2.24, 2.45) is 0 Å². The number of ether oxygens (including phenoxy) is 1. The smallest absolute Gasteiger partial charge is 0.350 e. The summed E-state index contributed by atoms with van der Waals surface area (Å²) in [4.78, 5) is 33.3. The van der Waals surface area contributed by atoms with Gasteiger partial charge >= 0.3 is 5.69 Å². The van der Waals surface area contributed by atoms with E-state index in [0.717, 1.165) is 6.42 Å². The van der Waals surface area contributed by atoms with Gasteiger partial charge in [0.05, 0.1) is 11.1 Å². The van der Waals surface area contributed by atoms with Crippen LogP contribution >= 0.6 is 11.6 Å². The Morgan fingerprint density at radius 3 is 2.74 bits per heavy atom. The number of benzene rings is 2. The number of rotatable bonds is 4. The van der Waals surface area contributed by atoms with E-state index in [1.807, 2.05) is 11.8 Å². The number of aryl methyl sites for hydroxylation is 1. The molecule has 176 valence electrons. The number of halogens is 2. The number of amides is 1. The molecule has 1 amide bonds. The zero-order valence-corrected chi connectivity index (χ0v) is 19.6. The molecule has 0 bridgehead atoms. The fourth-order valence-corrected chi connectivity index (χ4v) is 5.16.